The second-order valence-electron chi connectivity index (χ2n) is 4.75. The lowest BCUT2D eigenvalue weighted by Crippen LogP contribution is -2.38. The van der Waals surface area contributed by atoms with Crippen LogP contribution in [-0.2, 0) is 0 Å². The van der Waals surface area contributed by atoms with Crippen LogP contribution in [0.5, 0.6) is 0 Å². The van der Waals surface area contributed by atoms with Gasteiger partial charge in [0.15, 0.2) is 0 Å². The van der Waals surface area contributed by atoms with Crippen molar-refractivity contribution in [3.05, 3.63) is 30.1 Å². The number of nitrogens with two attached hydrogens (primary N) is 1. The normalized spacial score (nSPS) is 27.6. The fourth-order valence-corrected chi connectivity index (χ4v) is 2.36. The van der Waals surface area contributed by atoms with Crippen molar-refractivity contribution in [1.82, 2.24) is 10.3 Å². The molecule has 1 aliphatic carbocycles. The van der Waals surface area contributed by atoms with Crippen molar-refractivity contribution in [3.63, 3.8) is 0 Å². The van der Waals surface area contributed by atoms with Crippen LogP contribution < -0.4 is 11.1 Å². The molecule has 1 aromatic rings. The molecule has 1 aromatic heterocycles. The SMILES string of the molecule is C[C@H](NC1CCC(N)CC1)c1ccccn1. The molecule has 88 valence electrons. The molecule has 0 saturated heterocycles. The third kappa shape index (κ3) is 3.03. The van der Waals surface area contributed by atoms with Gasteiger partial charge in [-0.2, -0.15) is 0 Å². The number of aromatic nitrogens is 1. The van der Waals surface area contributed by atoms with Crippen molar-refractivity contribution in [2.24, 2.45) is 5.73 Å². The van der Waals surface area contributed by atoms with E-state index < -0.39 is 0 Å². The van der Waals surface area contributed by atoms with Gasteiger partial charge in [-0.15, -0.1) is 0 Å². The van der Waals surface area contributed by atoms with E-state index in [-0.39, 0.29) is 0 Å². The predicted molar refractivity (Wildman–Crippen MR) is 66.0 cm³/mol. The fourth-order valence-electron chi connectivity index (χ4n) is 2.36. The largest absolute Gasteiger partial charge is 0.328 e. The molecule has 1 saturated carbocycles. The van der Waals surface area contributed by atoms with Gasteiger partial charge in [0.2, 0.25) is 0 Å². The Bertz CT molecular complexity index is 304. The van der Waals surface area contributed by atoms with E-state index in [1.54, 1.807) is 0 Å². The zero-order valence-corrected chi connectivity index (χ0v) is 9.89. The minimum Gasteiger partial charge on any atom is -0.328 e. The molecule has 0 unspecified atom stereocenters. The van der Waals surface area contributed by atoms with Crippen molar-refractivity contribution in [2.45, 2.75) is 50.7 Å². The van der Waals surface area contributed by atoms with Gasteiger partial charge in [-0.05, 0) is 44.7 Å². The molecule has 1 fully saturated rings. The first kappa shape index (κ1) is 11.6. The van der Waals surface area contributed by atoms with E-state index in [2.05, 4.69) is 23.3 Å². The van der Waals surface area contributed by atoms with Gasteiger partial charge < -0.3 is 11.1 Å². The summed E-state index contributed by atoms with van der Waals surface area (Å²) >= 11 is 0. The molecule has 3 N–H and O–H groups in total. The van der Waals surface area contributed by atoms with Crippen LogP contribution in [0.25, 0.3) is 0 Å². The Morgan fingerprint density at radius 2 is 2.06 bits per heavy atom. The van der Waals surface area contributed by atoms with Crippen LogP contribution in [0.2, 0.25) is 0 Å². The molecule has 1 atom stereocenters. The van der Waals surface area contributed by atoms with Crippen LogP contribution in [0.15, 0.2) is 24.4 Å². The van der Waals surface area contributed by atoms with Crippen LogP contribution >= 0.6 is 0 Å². The summed E-state index contributed by atoms with van der Waals surface area (Å²) in [5.74, 6) is 0. The van der Waals surface area contributed by atoms with Gasteiger partial charge in [-0.3, -0.25) is 4.98 Å². The monoisotopic (exact) mass is 219 g/mol. The number of hydrogen-bond donors (Lipinski definition) is 2. The zero-order chi connectivity index (χ0) is 11.4. The third-order valence-electron chi connectivity index (χ3n) is 3.39. The van der Waals surface area contributed by atoms with Gasteiger partial charge >= 0.3 is 0 Å². The molecule has 2 rings (SSSR count). The Morgan fingerprint density at radius 1 is 1.31 bits per heavy atom. The van der Waals surface area contributed by atoms with Crippen LogP contribution in [0, 0.1) is 0 Å². The van der Waals surface area contributed by atoms with Crippen molar-refractivity contribution in [3.8, 4) is 0 Å². The highest BCUT2D eigenvalue weighted by Gasteiger charge is 2.20. The average Bonchev–Trinajstić information content (AvgIpc) is 2.33. The highest BCUT2D eigenvalue weighted by Crippen LogP contribution is 2.20. The molecule has 0 bridgehead atoms. The van der Waals surface area contributed by atoms with Gasteiger partial charge in [0.25, 0.3) is 0 Å². The van der Waals surface area contributed by atoms with Gasteiger partial charge in [0, 0.05) is 24.3 Å². The maximum Gasteiger partial charge on any atom is 0.0570 e. The number of pyridine rings is 1. The summed E-state index contributed by atoms with van der Waals surface area (Å²) in [6.45, 7) is 2.18. The summed E-state index contributed by atoms with van der Waals surface area (Å²) in [5.41, 5.74) is 7.02. The predicted octanol–water partition coefficient (Wildman–Crippen LogP) is 2.00. The standard InChI is InChI=1S/C13H21N3/c1-10(13-4-2-3-9-15-13)16-12-7-5-11(14)6-8-12/h2-4,9-12,16H,5-8,14H2,1H3/t10-,11?,12?/m0/s1. The molecular weight excluding hydrogens is 198 g/mol. The van der Waals surface area contributed by atoms with Crippen molar-refractivity contribution in [1.29, 1.82) is 0 Å². The summed E-state index contributed by atoms with van der Waals surface area (Å²) in [4.78, 5) is 4.37. The van der Waals surface area contributed by atoms with Crippen molar-refractivity contribution >= 4 is 0 Å². The fraction of sp³-hybridized carbons (Fsp3) is 0.615. The Hall–Kier alpha value is -0.930. The quantitative estimate of drug-likeness (QED) is 0.817. The summed E-state index contributed by atoms with van der Waals surface area (Å²) in [6, 6.07) is 7.43. The highest BCUT2D eigenvalue weighted by atomic mass is 15.0. The lowest BCUT2D eigenvalue weighted by Gasteiger charge is -2.29. The average molecular weight is 219 g/mol. The van der Waals surface area contributed by atoms with Crippen molar-refractivity contribution < 1.29 is 0 Å². The van der Waals surface area contributed by atoms with Gasteiger partial charge in [-0.1, -0.05) is 6.07 Å². The second kappa shape index (κ2) is 5.41. The Balaban J connectivity index is 1.86. The maximum absolute atomic E-state index is 5.90. The third-order valence-corrected chi connectivity index (χ3v) is 3.39. The molecule has 3 heteroatoms. The Kier molecular flexibility index (Phi) is 3.91. The zero-order valence-electron chi connectivity index (χ0n) is 9.89. The van der Waals surface area contributed by atoms with E-state index in [1.807, 2.05) is 18.3 Å². The molecule has 1 aliphatic rings. The molecule has 16 heavy (non-hydrogen) atoms. The smallest absolute Gasteiger partial charge is 0.0570 e. The van der Waals surface area contributed by atoms with Crippen LogP contribution in [-0.4, -0.2) is 17.1 Å². The van der Waals surface area contributed by atoms with Gasteiger partial charge in [0.1, 0.15) is 0 Å². The van der Waals surface area contributed by atoms with E-state index in [4.69, 9.17) is 5.73 Å². The first-order chi connectivity index (χ1) is 7.75. The summed E-state index contributed by atoms with van der Waals surface area (Å²) < 4.78 is 0. The van der Waals surface area contributed by atoms with Crippen LogP contribution in [0.1, 0.15) is 44.3 Å². The minimum absolute atomic E-state index is 0.334. The van der Waals surface area contributed by atoms with E-state index in [1.165, 1.54) is 12.8 Å². The molecule has 1 heterocycles. The first-order valence-electron chi connectivity index (χ1n) is 6.18. The lowest BCUT2D eigenvalue weighted by molar-refractivity contribution is 0.320. The molecule has 0 amide bonds. The van der Waals surface area contributed by atoms with Gasteiger partial charge in [0.05, 0.1) is 5.69 Å². The highest BCUT2D eigenvalue weighted by molar-refractivity contribution is 5.08. The topological polar surface area (TPSA) is 50.9 Å². The molecular formula is C13H21N3. The van der Waals surface area contributed by atoms with Crippen molar-refractivity contribution in [2.75, 3.05) is 0 Å². The Morgan fingerprint density at radius 3 is 2.69 bits per heavy atom. The number of nitrogens with zero attached hydrogens (tertiary/aromatic N) is 1. The van der Waals surface area contributed by atoms with E-state index in [0.717, 1.165) is 18.5 Å². The van der Waals surface area contributed by atoms with E-state index >= 15 is 0 Å². The maximum atomic E-state index is 5.90. The minimum atomic E-state index is 0.334. The van der Waals surface area contributed by atoms with Gasteiger partial charge in [-0.25, -0.2) is 0 Å². The van der Waals surface area contributed by atoms with Crippen LogP contribution in [0.4, 0.5) is 0 Å². The molecule has 0 aromatic carbocycles. The second-order valence-corrected chi connectivity index (χ2v) is 4.75. The first-order valence-corrected chi connectivity index (χ1v) is 6.18. The summed E-state index contributed by atoms with van der Waals surface area (Å²) in [7, 11) is 0. The number of nitrogens with one attached hydrogen (secondary N) is 1. The number of rotatable bonds is 3. The molecule has 0 aliphatic heterocycles. The Labute approximate surface area is 97.5 Å². The molecule has 0 spiro atoms. The number of hydrogen-bond acceptors (Lipinski definition) is 3. The van der Waals surface area contributed by atoms with E-state index in [9.17, 15) is 0 Å². The lowest BCUT2D eigenvalue weighted by atomic mass is 9.91. The summed E-state index contributed by atoms with van der Waals surface area (Å²) in [6.07, 6.45) is 6.53. The van der Waals surface area contributed by atoms with E-state index in [0.29, 0.717) is 18.1 Å². The molecule has 3 nitrogen and oxygen atoms in total. The molecule has 0 radical (unpaired) electrons. The van der Waals surface area contributed by atoms with Crippen LogP contribution in [0.3, 0.4) is 0 Å². The summed E-state index contributed by atoms with van der Waals surface area (Å²) in [5, 5.41) is 3.64.